The van der Waals surface area contributed by atoms with E-state index in [9.17, 15) is 19.2 Å². The van der Waals surface area contributed by atoms with Gasteiger partial charge in [-0.15, -0.1) is 0 Å². The van der Waals surface area contributed by atoms with E-state index in [2.05, 4.69) is 0 Å². The van der Waals surface area contributed by atoms with Crippen LogP contribution >= 0.6 is 0 Å². The van der Waals surface area contributed by atoms with E-state index in [-0.39, 0.29) is 17.5 Å². The van der Waals surface area contributed by atoms with Crippen LogP contribution in [-0.4, -0.2) is 33.6 Å². The van der Waals surface area contributed by atoms with Crippen molar-refractivity contribution in [1.82, 2.24) is 9.13 Å². The molecule has 9 nitrogen and oxygen atoms in total. The number of ether oxygens (including phenoxy) is 2. The van der Waals surface area contributed by atoms with Crippen LogP contribution in [0.5, 0.6) is 5.75 Å². The molecule has 0 amide bonds. The van der Waals surface area contributed by atoms with Crippen LogP contribution in [0.2, 0.25) is 0 Å². The zero-order valence-corrected chi connectivity index (χ0v) is 15.5. The van der Waals surface area contributed by atoms with Gasteiger partial charge in [0.1, 0.15) is 17.1 Å². The lowest BCUT2D eigenvalue weighted by Gasteiger charge is -2.11. The molecule has 9 heteroatoms. The largest absolute Gasteiger partial charge is 0.491 e. The predicted molar refractivity (Wildman–Crippen MR) is 98.2 cm³/mol. The highest BCUT2D eigenvalue weighted by Crippen LogP contribution is 2.14. The number of rotatable bonds is 6. The number of ketones is 1. The summed E-state index contributed by atoms with van der Waals surface area (Å²) in [7, 11) is 2.56. The van der Waals surface area contributed by atoms with Gasteiger partial charge in [-0.3, -0.25) is 18.7 Å². The highest BCUT2D eigenvalue weighted by molar-refractivity contribution is 6.02. The highest BCUT2D eigenvalue weighted by Gasteiger charge is 2.21. The van der Waals surface area contributed by atoms with Gasteiger partial charge in [0.15, 0.2) is 6.61 Å². The number of esters is 1. The number of nitrogens with zero attached hydrogens (tertiary/aromatic N) is 2. The van der Waals surface area contributed by atoms with Crippen molar-refractivity contribution in [1.29, 1.82) is 0 Å². The van der Waals surface area contributed by atoms with Crippen LogP contribution in [0, 0.1) is 0 Å². The first kappa shape index (κ1) is 20.0. The molecule has 144 valence electrons. The molecule has 1 heterocycles. The van der Waals surface area contributed by atoms with E-state index in [0.717, 1.165) is 9.13 Å². The molecule has 0 aliphatic heterocycles. The van der Waals surface area contributed by atoms with Crippen LogP contribution in [0.3, 0.4) is 0 Å². The molecular formula is C18H21N3O6. The van der Waals surface area contributed by atoms with Crippen molar-refractivity contribution in [2.45, 2.75) is 20.0 Å². The molecule has 2 N–H and O–H groups in total. The lowest BCUT2D eigenvalue weighted by atomic mass is 10.2. The van der Waals surface area contributed by atoms with Gasteiger partial charge in [-0.05, 0) is 38.1 Å². The Morgan fingerprint density at radius 2 is 1.67 bits per heavy atom. The number of benzene rings is 1. The molecular weight excluding hydrogens is 354 g/mol. The van der Waals surface area contributed by atoms with E-state index in [1.807, 2.05) is 13.8 Å². The molecule has 1 aromatic heterocycles. The summed E-state index contributed by atoms with van der Waals surface area (Å²) in [6, 6.07) is 6.23. The van der Waals surface area contributed by atoms with Gasteiger partial charge in [-0.2, -0.15) is 0 Å². The maximum absolute atomic E-state index is 12.3. The fourth-order valence-corrected chi connectivity index (χ4v) is 2.35. The highest BCUT2D eigenvalue weighted by atomic mass is 16.5. The topological polar surface area (TPSA) is 123 Å². The third-order valence-electron chi connectivity index (χ3n) is 3.78. The van der Waals surface area contributed by atoms with Gasteiger partial charge in [-0.25, -0.2) is 9.59 Å². The molecule has 0 saturated carbocycles. The second kappa shape index (κ2) is 7.90. The summed E-state index contributed by atoms with van der Waals surface area (Å²) in [6.07, 6.45) is -0.00432. The summed E-state index contributed by atoms with van der Waals surface area (Å²) in [5.74, 6) is -1.21. The van der Waals surface area contributed by atoms with Crippen molar-refractivity contribution in [3.8, 4) is 5.75 Å². The molecule has 0 unspecified atom stereocenters. The number of Topliss-reactive ketones (excluding diaryl/α,β-unsaturated/α-hetero) is 1. The molecule has 0 aliphatic carbocycles. The molecule has 2 rings (SSSR count). The Hall–Kier alpha value is -3.36. The fourth-order valence-electron chi connectivity index (χ4n) is 2.35. The van der Waals surface area contributed by atoms with Crippen molar-refractivity contribution < 1.29 is 19.1 Å². The van der Waals surface area contributed by atoms with Crippen molar-refractivity contribution in [2.75, 3.05) is 12.3 Å². The summed E-state index contributed by atoms with van der Waals surface area (Å²) in [6.45, 7) is 3.08. The first-order valence-electron chi connectivity index (χ1n) is 8.16. The number of nitrogen functional groups attached to an aromatic ring is 1. The molecule has 0 bridgehead atoms. The van der Waals surface area contributed by atoms with E-state index in [4.69, 9.17) is 15.2 Å². The molecule has 0 saturated heterocycles. The van der Waals surface area contributed by atoms with Crippen LogP contribution in [0.15, 0.2) is 33.9 Å². The maximum atomic E-state index is 12.3. The summed E-state index contributed by atoms with van der Waals surface area (Å²) in [5.41, 5.74) is 4.03. The van der Waals surface area contributed by atoms with Gasteiger partial charge in [0.05, 0.1) is 11.7 Å². The van der Waals surface area contributed by atoms with Crippen LogP contribution < -0.4 is 21.7 Å². The summed E-state index contributed by atoms with van der Waals surface area (Å²) >= 11 is 0. The van der Waals surface area contributed by atoms with E-state index in [1.165, 1.54) is 26.2 Å². The van der Waals surface area contributed by atoms with Gasteiger partial charge in [0.25, 0.3) is 5.56 Å². The number of carbonyl (C=O) groups excluding carboxylic acids is 2. The molecule has 0 spiro atoms. The van der Waals surface area contributed by atoms with Gasteiger partial charge in [0, 0.05) is 14.1 Å². The van der Waals surface area contributed by atoms with E-state index >= 15 is 0 Å². The number of aromatic nitrogens is 2. The average molecular weight is 375 g/mol. The van der Waals surface area contributed by atoms with Crippen molar-refractivity contribution in [3.63, 3.8) is 0 Å². The molecule has 0 radical (unpaired) electrons. The fraction of sp³-hybridized carbons (Fsp3) is 0.333. The van der Waals surface area contributed by atoms with Crippen LogP contribution in [-0.2, 0) is 18.8 Å². The van der Waals surface area contributed by atoms with Crippen molar-refractivity contribution in [3.05, 3.63) is 56.2 Å². The van der Waals surface area contributed by atoms with Crippen LogP contribution in [0.1, 0.15) is 34.6 Å². The summed E-state index contributed by atoms with van der Waals surface area (Å²) in [4.78, 5) is 48.3. The number of nitrogens with two attached hydrogens (primary N) is 1. The number of carbonyl (C=O) groups is 2. The molecule has 2 aromatic rings. The Kier molecular flexibility index (Phi) is 5.84. The SMILES string of the molecule is CC(C)Oc1ccc(C(=O)OCC(=O)c2c(N)n(C)c(=O)n(C)c2=O)cc1. The first-order valence-corrected chi connectivity index (χ1v) is 8.16. The first-order chi connectivity index (χ1) is 12.6. The molecule has 0 aliphatic rings. The maximum Gasteiger partial charge on any atom is 0.338 e. The normalized spacial score (nSPS) is 10.7. The number of hydrogen-bond donors (Lipinski definition) is 1. The van der Waals surface area contributed by atoms with Crippen molar-refractivity contribution in [2.24, 2.45) is 14.1 Å². The monoisotopic (exact) mass is 375 g/mol. The second-order valence-electron chi connectivity index (χ2n) is 6.16. The zero-order valence-electron chi connectivity index (χ0n) is 15.5. The average Bonchev–Trinajstić information content (AvgIpc) is 2.63. The van der Waals surface area contributed by atoms with Crippen molar-refractivity contribution >= 4 is 17.6 Å². The van der Waals surface area contributed by atoms with Crippen LogP contribution in [0.25, 0.3) is 0 Å². The van der Waals surface area contributed by atoms with E-state index in [1.54, 1.807) is 12.1 Å². The minimum Gasteiger partial charge on any atom is -0.491 e. The third kappa shape index (κ3) is 4.25. The molecule has 0 atom stereocenters. The van der Waals surface area contributed by atoms with E-state index < -0.39 is 35.2 Å². The number of anilines is 1. The Morgan fingerprint density at radius 1 is 1.07 bits per heavy atom. The Balaban J connectivity index is 2.13. The lowest BCUT2D eigenvalue weighted by molar-refractivity contribution is 0.0474. The Labute approximate surface area is 154 Å². The van der Waals surface area contributed by atoms with Crippen LogP contribution in [0.4, 0.5) is 5.82 Å². The Morgan fingerprint density at radius 3 is 2.22 bits per heavy atom. The summed E-state index contributed by atoms with van der Waals surface area (Å²) < 4.78 is 12.2. The third-order valence-corrected chi connectivity index (χ3v) is 3.78. The quantitative estimate of drug-likeness (QED) is 0.576. The second-order valence-corrected chi connectivity index (χ2v) is 6.16. The van der Waals surface area contributed by atoms with Gasteiger partial charge >= 0.3 is 11.7 Å². The van der Waals surface area contributed by atoms with Gasteiger partial charge in [0.2, 0.25) is 5.78 Å². The van der Waals surface area contributed by atoms with Gasteiger partial charge in [-0.1, -0.05) is 0 Å². The van der Waals surface area contributed by atoms with E-state index in [0.29, 0.717) is 5.75 Å². The standard InChI is InChI=1S/C18H21N3O6/c1-10(2)27-12-7-5-11(6-8-12)17(24)26-9-13(22)14-15(19)20(3)18(25)21(4)16(14)23/h5-8,10H,9,19H2,1-4H3. The minimum absolute atomic E-state index is 0.00432. The zero-order chi connectivity index (χ0) is 20.3. The lowest BCUT2D eigenvalue weighted by Crippen LogP contribution is -2.42. The summed E-state index contributed by atoms with van der Waals surface area (Å²) in [5, 5.41) is 0. The smallest absolute Gasteiger partial charge is 0.338 e. The Bertz CT molecular complexity index is 986. The predicted octanol–water partition coefficient (Wildman–Crippen LogP) is 0.493. The minimum atomic E-state index is -0.841. The molecule has 1 aromatic carbocycles. The molecule has 0 fully saturated rings. The van der Waals surface area contributed by atoms with Gasteiger partial charge < -0.3 is 15.2 Å². The molecule has 27 heavy (non-hydrogen) atoms. The number of hydrogen-bond acceptors (Lipinski definition) is 7.